The van der Waals surface area contributed by atoms with Gasteiger partial charge in [0.15, 0.2) is 0 Å². The van der Waals surface area contributed by atoms with E-state index in [1.165, 1.54) is 6.42 Å². The summed E-state index contributed by atoms with van der Waals surface area (Å²) < 4.78 is 6.04. The van der Waals surface area contributed by atoms with Crippen molar-refractivity contribution in [3.05, 3.63) is 71.5 Å². The maximum Gasteiger partial charge on any atom is 0.126 e. The van der Waals surface area contributed by atoms with Crippen LogP contribution in [-0.4, -0.2) is 4.98 Å². The van der Waals surface area contributed by atoms with Crippen LogP contribution in [0.25, 0.3) is 22.2 Å². The second-order valence-electron chi connectivity index (χ2n) is 7.27. The van der Waals surface area contributed by atoms with Crippen molar-refractivity contribution < 1.29 is 4.74 Å². The predicted octanol–water partition coefficient (Wildman–Crippen LogP) is 6.16. The lowest BCUT2D eigenvalue weighted by molar-refractivity contribution is 0.346. The van der Waals surface area contributed by atoms with Gasteiger partial charge in [-0.15, -0.1) is 0 Å². The standard InChI is InChI=1S/C24H22N2O/c1-16-6-5-7-20(14-16)27-19-12-10-18(11-13-19)24-22(15-25)17(2)21-8-3-4-9-23(21)26-24/h3-4,7-13,16H,5-6,14H2,1-2H3. The Hall–Kier alpha value is -3.12. The average Bonchev–Trinajstić information content (AvgIpc) is 2.69. The van der Waals surface area contributed by atoms with Crippen molar-refractivity contribution in [2.45, 2.75) is 33.1 Å². The third kappa shape index (κ3) is 3.44. The largest absolute Gasteiger partial charge is 0.462 e. The summed E-state index contributed by atoms with van der Waals surface area (Å²) in [5.41, 5.74) is 4.17. The monoisotopic (exact) mass is 354 g/mol. The van der Waals surface area contributed by atoms with Gasteiger partial charge in [0.05, 0.1) is 16.8 Å². The molecule has 27 heavy (non-hydrogen) atoms. The van der Waals surface area contributed by atoms with E-state index >= 15 is 0 Å². The van der Waals surface area contributed by atoms with Gasteiger partial charge in [0.2, 0.25) is 0 Å². The van der Waals surface area contributed by atoms with Crippen molar-refractivity contribution in [1.29, 1.82) is 5.26 Å². The van der Waals surface area contributed by atoms with Crippen LogP contribution < -0.4 is 4.74 Å². The Bertz CT molecular complexity index is 1060. The number of aryl methyl sites for hydroxylation is 1. The summed E-state index contributed by atoms with van der Waals surface area (Å²) in [7, 11) is 0. The SMILES string of the molecule is Cc1c(C#N)c(-c2ccc(OC3=CCCC(C)C3)cc2)nc2ccccc12. The molecule has 1 unspecified atom stereocenters. The van der Waals surface area contributed by atoms with Gasteiger partial charge in [0.25, 0.3) is 0 Å². The Kier molecular flexibility index (Phi) is 4.64. The molecule has 0 N–H and O–H groups in total. The number of hydrogen-bond donors (Lipinski definition) is 0. The van der Waals surface area contributed by atoms with Gasteiger partial charge in [-0.05, 0) is 67.7 Å². The van der Waals surface area contributed by atoms with E-state index in [4.69, 9.17) is 9.72 Å². The number of fused-ring (bicyclic) bond motifs is 1. The maximum absolute atomic E-state index is 9.69. The number of aromatic nitrogens is 1. The van der Waals surface area contributed by atoms with E-state index in [0.29, 0.717) is 11.5 Å². The van der Waals surface area contributed by atoms with Crippen LogP contribution in [0.5, 0.6) is 5.75 Å². The molecule has 1 aliphatic rings. The first-order chi connectivity index (χ1) is 13.2. The molecule has 134 valence electrons. The van der Waals surface area contributed by atoms with Gasteiger partial charge in [-0.2, -0.15) is 5.26 Å². The van der Waals surface area contributed by atoms with Gasteiger partial charge in [0.1, 0.15) is 17.6 Å². The highest BCUT2D eigenvalue weighted by Crippen LogP contribution is 2.31. The number of benzene rings is 2. The van der Waals surface area contributed by atoms with Gasteiger partial charge in [-0.3, -0.25) is 0 Å². The zero-order valence-electron chi connectivity index (χ0n) is 15.7. The molecule has 1 aromatic heterocycles. The summed E-state index contributed by atoms with van der Waals surface area (Å²) in [6.07, 6.45) is 5.50. The Labute approximate surface area is 159 Å². The second kappa shape index (κ2) is 7.25. The Balaban J connectivity index is 1.68. The smallest absolute Gasteiger partial charge is 0.126 e. The van der Waals surface area contributed by atoms with E-state index in [9.17, 15) is 5.26 Å². The Morgan fingerprint density at radius 1 is 1.11 bits per heavy atom. The third-order valence-corrected chi connectivity index (χ3v) is 5.22. The maximum atomic E-state index is 9.69. The molecule has 0 saturated carbocycles. The van der Waals surface area contributed by atoms with Crippen molar-refractivity contribution in [3.8, 4) is 23.1 Å². The molecule has 3 nitrogen and oxygen atoms in total. The second-order valence-corrected chi connectivity index (χ2v) is 7.27. The predicted molar refractivity (Wildman–Crippen MR) is 108 cm³/mol. The van der Waals surface area contributed by atoms with E-state index in [1.807, 2.05) is 55.5 Å². The van der Waals surface area contributed by atoms with Crippen LogP contribution in [-0.2, 0) is 0 Å². The molecule has 0 saturated heterocycles. The van der Waals surface area contributed by atoms with Crippen molar-refractivity contribution in [2.75, 3.05) is 0 Å². The summed E-state index contributed by atoms with van der Waals surface area (Å²) in [4.78, 5) is 4.76. The van der Waals surface area contributed by atoms with Gasteiger partial charge in [-0.25, -0.2) is 4.98 Å². The molecule has 0 radical (unpaired) electrons. The van der Waals surface area contributed by atoms with Crippen LogP contribution in [0.3, 0.4) is 0 Å². The van der Waals surface area contributed by atoms with Gasteiger partial charge in [-0.1, -0.05) is 25.1 Å². The van der Waals surface area contributed by atoms with E-state index < -0.39 is 0 Å². The molecule has 0 bridgehead atoms. The number of para-hydroxylation sites is 1. The number of hydrogen-bond acceptors (Lipinski definition) is 3. The lowest BCUT2D eigenvalue weighted by atomic mass is 9.95. The first-order valence-electron chi connectivity index (χ1n) is 9.42. The number of nitrogens with zero attached hydrogens (tertiary/aromatic N) is 2. The normalized spacial score (nSPS) is 16.6. The van der Waals surface area contributed by atoms with E-state index in [2.05, 4.69) is 19.1 Å². The van der Waals surface area contributed by atoms with Gasteiger partial charge >= 0.3 is 0 Å². The first-order valence-corrected chi connectivity index (χ1v) is 9.42. The third-order valence-electron chi connectivity index (χ3n) is 5.22. The molecule has 1 atom stereocenters. The molecule has 3 heteroatoms. The Morgan fingerprint density at radius 2 is 1.89 bits per heavy atom. The molecular weight excluding hydrogens is 332 g/mol. The molecule has 4 rings (SSSR count). The Morgan fingerprint density at radius 3 is 2.63 bits per heavy atom. The van der Waals surface area contributed by atoms with Crippen molar-refractivity contribution in [3.63, 3.8) is 0 Å². The molecule has 0 amide bonds. The van der Waals surface area contributed by atoms with Crippen molar-refractivity contribution in [1.82, 2.24) is 4.98 Å². The van der Waals surface area contributed by atoms with Gasteiger partial charge < -0.3 is 4.74 Å². The zero-order valence-corrected chi connectivity index (χ0v) is 15.7. The van der Waals surface area contributed by atoms with E-state index in [0.717, 1.165) is 52.1 Å². The minimum Gasteiger partial charge on any atom is -0.462 e. The van der Waals surface area contributed by atoms with Gasteiger partial charge in [0, 0.05) is 17.4 Å². The van der Waals surface area contributed by atoms with Crippen LogP contribution in [0.1, 0.15) is 37.3 Å². The minimum absolute atomic E-state index is 0.631. The van der Waals surface area contributed by atoms with Crippen LogP contribution >= 0.6 is 0 Å². The molecule has 0 spiro atoms. The topological polar surface area (TPSA) is 45.9 Å². The van der Waals surface area contributed by atoms with Crippen molar-refractivity contribution in [2.24, 2.45) is 5.92 Å². The quantitative estimate of drug-likeness (QED) is 0.565. The number of rotatable bonds is 3. The first kappa shape index (κ1) is 17.3. The summed E-state index contributed by atoms with van der Waals surface area (Å²) in [6, 6.07) is 18.2. The highest BCUT2D eigenvalue weighted by molar-refractivity contribution is 5.88. The van der Waals surface area contributed by atoms with Crippen LogP contribution in [0.15, 0.2) is 60.4 Å². The molecular formula is C24H22N2O. The zero-order chi connectivity index (χ0) is 18.8. The lowest BCUT2D eigenvalue weighted by Crippen LogP contribution is -2.07. The number of ether oxygens (including phenoxy) is 1. The van der Waals surface area contributed by atoms with Crippen molar-refractivity contribution >= 4 is 10.9 Å². The summed E-state index contributed by atoms with van der Waals surface area (Å²) in [5, 5.41) is 10.7. The van der Waals surface area contributed by atoms with E-state index in [-0.39, 0.29) is 0 Å². The number of nitriles is 1. The molecule has 1 heterocycles. The highest BCUT2D eigenvalue weighted by atomic mass is 16.5. The average molecular weight is 354 g/mol. The minimum atomic E-state index is 0.631. The van der Waals surface area contributed by atoms with Crippen LogP contribution in [0, 0.1) is 24.2 Å². The fraction of sp³-hybridized carbons (Fsp3) is 0.250. The highest BCUT2D eigenvalue weighted by Gasteiger charge is 2.15. The lowest BCUT2D eigenvalue weighted by Gasteiger charge is -2.19. The molecule has 3 aromatic rings. The van der Waals surface area contributed by atoms with E-state index in [1.54, 1.807) is 0 Å². The molecule has 0 aliphatic heterocycles. The molecule has 1 aliphatic carbocycles. The fourth-order valence-electron chi connectivity index (χ4n) is 3.70. The molecule has 2 aromatic carbocycles. The summed E-state index contributed by atoms with van der Waals surface area (Å²) in [5.74, 6) is 2.56. The number of allylic oxidation sites excluding steroid dienone is 2. The van der Waals surface area contributed by atoms with Crippen LogP contribution in [0.4, 0.5) is 0 Å². The molecule has 0 fully saturated rings. The fourth-order valence-corrected chi connectivity index (χ4v) is 3.70. The summed E-state index contributed by atoms with van der Waals surface area (Å²) >= 11 is 0. The summed E-state index contributed by atoms with van der Waals surface area (Å²) in [6.45, 7) is 4.25. The number of pyridine rings is 1. The van der Waals surface area contributed by atoms with Crippen LogP contribution in [0.2, 0.25) is 0 Å².